The van der Waals surface area contributed by atoms with Crippen LogP contribution in [-0.2, 0) is 6.42 Å². The molecule has 0 unspecified atom stereocenters. The molecule has 3 N–H and O–H groups in total. The molecular weight excluding hydrogens is 250 g/mol. The number of nitrogen functional groups attached to an aromatic ring is 1. The highest BCUT2D eigenvalue weighted by Crippen LogP contribution is 2.20. The predicted molar refractivity (Wildman–Crippen MR) is 78.0 cm³/mol. The number of aryl methyl sites for hydroxylation is 1. The molecule has 100 valence electrons. The van der Waals surface area contributed by atoms with Gasteiger partial charge in [-0.25, -0.2) is 4.98 Å². The lowest BCUT2D eigenvalue weighted by molar-refractivity contribution is 0.942. The molecule has 1 aromatic carbocycles. The lowest BCUT2D eigenvalue weighted by atomic mass is 10.1. The van der Waals surface area contributed by atoms with Gasteiger partial charge in [-0.15, -0.1) is 0 Å². The Morgan fingerprint density at radius 3 is 2.85 bits per heavy atom. The first-order valence-electron chi connectivity index (χ1n) is 6.40. The molecule has 0 aliphatic heterocycles. The Hall–Kier alpha value is -2.69. The smallest absolute Gasteiger partial charge is 0.181 e. The summed E-state index contributed by atoms with van der Waals surface area (Å²) in [5, 5.41) is 7.18. The Morgan fingerprint density at radius 2 is 2.10 bits per heavy atom. The number of H-pyrrole nitrogens is 1. The molecule has 0 bridgehead atoms. The van der Waals surface area contributed by atoms with Crippen LogP contribution in [0.1, 0.15) is 17.1 Å². The number of rotatable bonds is 3. The quantitative estimate of drug-likeness (QED) is 0.712. The summed E-state index contributed by atoms with van der Waals surface area (Å²) in [4.78, 5) is 8.76. The minimum atomic E-state index is 0.634. The monoisotopic (exact) mass is 265 g/mol. The maximum Gasteiger partial charge on any atom is 0.181 e. The van der Waals surface area contributed by atoms with Crippen molar-refractivity contribution in [1.29, 1.82) is 0 Å². The van der Waals surface area contributed by atoms with E-state index < -0.39 is 0 Å². The van der Waals surface area contributed by atoms with E-state index in [2.05, 4.69) is 20.2 Å². The SMILES string of the molecule is Cc1ccc(-c2n[nH]c(Cc3ccccn3)n2)cc1N. The van der Waals surface area contributed by atoms with Crippen molar-refractivity contribution in [3.63, 3.8) is 0 Å². The number of hydrogen-bond acceptors (Lipinski definition) is 4. The molecule has 0 saturated heterocycles. The fraction of sp³-hybridized carbons (Fsp3) is 0.133. The highest BCUT2D eigenvalue weighted by molar-refractivity contribution is 5.63. The van der Waals surface area contributed by atoms with Crippen LogP contribution in [0, 0.1) is 6.92 Å². The third-order valence-corrected chi connectivity index (χ3v) is 3.14. The van der Waals surface area contributed by atoms with Gasteiger partial charge in [0.2, 0.25) is 0 Å². The number of nitrogens with zero attached hydrogens (tertiary/aromatic N) is 3. The third kappa shape index (κ3) is 2.51. The van der Waals surface area contributed by atoms with E-state index >= 15 is 0 Å². The van der Waals surface area contributed by atoms with Crippen LogP contribution in [0.15, 0.2) is 42.6 Å². The van der Waals surface area contributed by atoms with Crippen LogP contribution in [0.25, 0.3) is 11.4 Å². The molecule has 3 rings (SSSR count). The molecule has 3 aromatic rings. The molecule has 0 amide bonds. The number of hydrogen-bond donors (Lipinski definition) is 2. The van der Waals surface area contributed by atoms with Gasteiger partial charge in [-0.1, -0.05) is 18.2 Å². The summed E-state index contributed by atoms with van der Waals surface area (Å²) in [6, 6.07) is 11.7. The van der Waals surface area contributed by atoms with Crippen molar-refractivity contribution in [3.8, 4) is 11.4 Å². The van der Waals surface area contributed by atoms with Gasteiger partial charge in [-0.2, -0.15) is 5.10 Å². The predicted octanol–water partition coefficient (Wildman–Crippen LogP) is 2.35. The van der Waals surface area contributed by atoms with E-state index in [-0.39, 0.29) is 0 Å². The van der Waals surface area contributed by atoms with E-state index in [1.54, 1.807) is 6.20 Å². The number of pyridine rings is 1. The number of anilines is 1. The van der Waals surface area contributed by atoms with Crippen LogP contribution in [0.4, 0.5) is 5.69 Å². The summed E-state index contributed by atoms with van der Waals surface area (Å²) in [5.74, 6) is 1.44. The standard InChI is InChI=1S/C15H15N5/c1-10-5-6-11(8-13(10)16)15-18-14(19-20-15)9-12-4-2-3-7-17-12/h2-8H,9,16H2,1H3,(H,18,19,20). The molecule has 0 fully saturated rings. The van der Waals surface area contributed by atoms with Crippen molar-refractivity contribution in [1.82, 2.24) is 20.2 Å². The van der Waals surface area contributed by atoms with Crippen molar-refractivity contribution in [2.24, 2.45) is 0 Å². The average molecular weight is 265 g/mol. The van der Waals surface area contributed by atoms with E-state index in [0.717, 1.165) is 28.3 Å². The second kappa shape index (κ2) is 5.13. The first-order chi connectivity index (χ1) is 9.72. The number of aromatic nitrogens is 4. The van der Waals surface area contributed by atoms with Crippen LogP contribution < -0.4 is 5.73 Å². The van der Waals surface area contributed by atoms with E-state index in [4.69, 9.17) is 5.73 Å². The van der Waals surface area contributed by atoms with Crippen LogP contribution in [-0.4, -0.2) is 20.2 Å². The molecule has 5 nitrogen and oxygen atoms in total. The summed E-state index contributed by atoms with van der Waals surface area (Å²) in [5.41, 5.74) is 9.59. The highest BCUT2D eigenvalue weighted by Gasteiger charge is 2.08. The molecule has 0 atom stereocenters. The fourth-order valence-electron chi connectivity index (χ4n) is 1.96. The lowest BCUT2D eigenvalue weighted by Crippen LogP contribution is -1.93. The van der Waals surface area contributed by atoms with Crippen LogP contribution >= 0.6 is 0 Å². The second-order valence-corrected chi connectivity index (χ2v) is 4.67. The summed E-state index contributed by atoms with van der Waals surface area (Å²) in [6.07, 6.45) is 2.41. The van der Waals surface area contributed by atoms with Gasteiger partial charge in [0.05, 0.1) is 0 Å². The molecule has 0 aliphatic carbocycles. The van der Waals surface area contributed by atoms with Gasteiger partial charge < -0.3 is 5.73 Å². The first kappa shape index (κ1) is 12.3. The summed E-state index contributed by atoms with van der Waals surface area (Å²) >= 11 is 0. The Bertz CT molecular complexity index is 718. The zero-order valence-electron chi connectivity index (χ0n) is 11.2. The van der Waals surface area contributed by atoms with Crippen molar-refractivity contribution < 1.29 is 0 Å². The van der Waals surface area contributed by atoms with Gasteiger partial charge in [0.1, 0.15) is 5.82 Å². The van der Waals surface area contributed by atoms with E-state index in [9.17, 15) is 0 Å². The van der Waals surface area contributed by atoms with Crippen molar-refractivity contribution >= 4 is 5.69 Å². The summed E-state index contributed by atoms with van der Waals surface area (Å²) < 4.78 is 0. The Balaban J connectivity index is 1.84. The zero-order valence-corrected chi connectivity index (χ0v) is 11.2. The molecule has 0 saturated carbocycles. The van der Waals surface area contributed by atoms with Crippen molar-refractivity contribution in [2.75, 3.05) is 5.73 Å². The number of nitrogens with one attached hydrogen (secondary N) is 1. The Kier molecular flexibility index (Phi) is 3.16. The summed E-state index contributed by atoms with van der Waals surface area (Å²) in [6.45, 7) is 1.98. The fourth-order valence-corrected chi connectivity index (χ4v) is 1.96. The van der Waals surface area contributed by atoms with Crippen molar-refractivity contribution in [3.05, 3.63) is 59.7 Å². The minimum Gasteiger partial charge on any atom is -0.398 e. The molecule has 0 spiro atoms. The van der Waals surface area contributed by atoms with Gasteiger partial charge in [-0.05, 0) is 30.7 Å². The average Bonchev–Trinajstić information content (AvgIpc) is 2.91. The van der Waals surface area contributed by atoms with Crippen LogP contribution in [0.3, 0.4) is 0 Å². The molecule has 2 heterocycles. The normalized spacial score (nSPS) is 10.7. The van der Waals surface area contributed by atoms with Crippen LogP contribution in [0.5, 0.6) is 0 Å². The first-order valence-corrected chi connectivity index (χ1v) is 6.40. The number of nitrogens with two attached hydrogens (primary N) is 1. The van der Waals surface area contributed by atoms with E-state index in [1.165, 1.54) is 0 Å². The number of aromatic amines is 1. The Morgan fingerprint density at radius 1 is 1.20 bits per heavy atom. The van der Waals surface area contributed by atoms with Crippen molar-refractivity contribution in [2.45, 2.75) is 13.3 Å². The maximum atomic E-state index is 5.91. The largest absolute Gasteiger partial charge is 0.398 e. The summed E-state index contributed by atoms with van der Waals surface area (Å²) in [7, 11) is 0. The lowest BCUT2D eigenvalue weighted by Gasteiger charge is -2.01. The second-order valence-electron chi connectivity index (χ2n) is 4.67. The molecule has 5 heteroatoms. The zero-order chi connectivity index (χ0) is 13.9. The molecule has 0 aliphatic rings. The third-order valence-electron chi connectivity index (χ3n) is 3.14. The van der Waals surface area contributed by atoms with Crippen LogP contribution in [0.2, 0.25) is 0 Å². The topological polar surface area (TPSA) is 80.5 Å². The molecule has 20 heavy (non-hydrogen) atoms. The molecular formula is C15H15N5. The Labute approximate surface area is 116 Å². The highest BCUT2D eigenvalue weighted by atomic mass is 15.2. The molecule has 0 radical (unpaired) electrons. The van der Waals surface area contributed by atoms with Gasteiger partial charge >= 0.3 is 0 Å². The van der Waals surface area contributed by atoms with Gasteiger partial charge in [0, 0.05) is 29.6 Å². The minimum absolute atomic E-state index is 0.634. The van der Waals surface area contributed by atoms with Gasteiger partial charge in [0.15, 0.2) is 5.82 Å². The van der Waals surface area contributed by atoms with E-state index in [0.29, 0.717) is 12.2 Å². The van der Waals surface area contributed by atoms with Gasteiger partial charge in [-0.3, -0.25) is 10.1 Å². The van der Waals surface area contributed by atoms with Gasteiger partial charge in [0.25, 0.3) is 0 Å². The maximum absolute atomic E-state index is 5.91. The van der Waals surface area contributed by atoms with E-state index in [1.807, 2.05) is 43.3 Å². The molecule has 2 aromatic heterocycles. The number of benzene rings is 1.